The van der Waals surface area contributed by atoms with Crippen LogP contribution in [0.25, 0.3) is 0 Å². The molecule has 0 radical (unpaired) electrons. The van der Waals surface area contributed by atoms with Gasteiger partial charge in [0.1, 0.15) is 23.9 Å². The molecule has 14 heteroatoms. The molecule has 0 aromatic rings. The van der Waals surface area contributed by atoms with Crippen LogP contribution in [0.3, 0.4) is 0 Å². The number of fused-ring (bicyclic) bond motifs is 2. The quantitative estimate of drug-likeness (QED) is 0.281. The summed E-state index contributed by atoms with van der Waals surface area (Å²) in [6.07, 6.45) is -7.58. The Morgan fingerprint density at radius 1 is 0.961 bits per heavy atom. The average molecular weight is 731 g/mol. The number of carbonyl (C=O) groups is 1. The van der Waals surface area contributed by atoms with Crippen molar-refractivity contribution in [3.63, 3.8) is 0 Å². The predicted molar refractivity (Wildman–Crippen MR) is 188 cm³/mol. The molecule has 3 saturated heterocycles. The number of esters is 1. The van der Waals surface area contributed by atoms with E-state index < -0.39 is 102 Å². The average Bonchev–Trinajstić information content (AvgIpc) is 3.46. The van der Waals surface area contributed by atoms with Gasteiger partial charge >= 0.3 is 5.97 Å². The van der Waals surface area contributed by atoms with E-state index in [4.69, 9.17) is 38.2 Å². The van der Waals surface area contributed by atoms with Crippen LogP contribution in [0.2, 0.25) is 0 Å². The fourth-order valence-electron chi connectivity index (χ4n) is 8.66. The molecule has 0 aromatic carbocycles. The third-order valence-electron chi connectivity index (χ3n) is 11.8. The zero-order chi connectivity index (χ0) is 38.4. The van der Waals surface area contributed by atoms with Crippen LogP contribution in [-0.4, -0.2) is 149 Å². The van der Waals surface area contributed by atoms with Crippen molar-refractivity contribution in [3.05, 3.63) is 0 Å². The smallest absolute Gasteiger partial charge is 0.311 e. The van der Waals surface area contributed by atoms with Crippen molar-refractivity contribution in [2.75, 3.05) is 21.2 Å². The second-order valence-corrected chi connectivity index (χ2v) is 16.6. The van der Waals surface area contributed by atoms with Gasteiger partial charge in [0.25, 0.3) is 0 Å². The van der Waals surface area contributed by atoms with E-state index in [1.807, 2.05) is 53.6 Å². The van der Waals surface area contributed by atoms with Crippen molar-refractivity contribution in [1.82, 2.24) is 4.90 Å². The zero-order valence-corrected chi connectivity index (χ0v) is 32.9. The molecule has 0 aliphatic carbocycles. The second-order valence-electron chi connectivity index (χ2n) is 16.6. The Balaban J connectivity index is 1.82. The topological polar surface area (TPSA) is 178 Å². The summed E-state index contributed by atoms with van der Waals surface area (Å²) in [6.45, 7) is 17.7. The van der Waals surface area contributed by atoms with Crippen LogP contribution in [0.15, 0.2) is 4.99 Å². The monoisotopic (exact) mass is 730 g/mol. The molecule has 0 amide bonds. The first-order valence-corrected chi connectivity index (χ1v) is 18.7. The molecule has 4 heterocycles. The highest BCUT2D eigenvalue weighted by Crippen LogP contribution is 2.41. The minimum atomic E-state index is -1.62. The number of aliphatic hydroxyl groups excluding tert-OH is 2. The number of rotatable bonds is 7. The van der Waals surface area contributed by atoms with Gasteiger partial charge in [-0.25, -0.2) is 4.99 Å². The lowest BCUT2D eigenvalue weighted by atomic mass is 9.77. The molecule has 0 aromatic heterocycles. The number of cyclic esters (lactones) is 1. The number of aliphatic imine (C=N–C) groups is 1. The summed E-state index contributed by atoms with van der Waals surface area (Å²) in [5.74, 6) is -2.40. The van der Waals surface area contributed by atoms with Crippen LogP contribution in [0.4, 0.5) is 0 Å². The zero-order valence-electron chi connectivity index (χ0n) is 32.9. The van der Waals surface area contributed by atoms with E-state index >= 15 is 0 Å². The van der Waals surface area contributed by atoms with Crippen molar-refractivity contribution >= 4 is 11.9 Å². The Labute approximate surface area is 304 Å². The molecule has 0 saturated carbocycles. The third-order valence-corrected chi connectivity index (χ3v) is 11.8. The fraction of sp³-hybridized carbons (Fsp3) is 0.946. The number of nitrogens with zero attached hydrogens (tertiary/aromatic N) is 2. The molecule has 51 heavy (non-hydrogen) atoms. The van der Waals surface area contributed by atoms with Gasteiger partial charge in [-0.2, -0.15) is 0 Å². The maximum Gasteiger partial charge on any atom is 0.311 e. The van der Waals surface area contributed by atoms with Gasteiger partial charge in [0.2, 0.25) is 0 Å². The molecule has 2 bridgehead atoms. The van der Waals surface area contributed by atoms with Crippen LogP contribution in [0.1, 0.15) is 94.9 Å². The van der Waals surface area contributed by atoms with Crippen molar-refractivity contribution in [1.29, 1.82) is 0 Å². The number of ether oxygens (including phenoxy) is 7. The molecule has 4 N–H and O–H groups in total. The van der Waals surface area contributed by atoms with Crippen molar-refractivity contribution in [3.8, 4) is 0 Å². The van der Waals surface area contributed by atoms with Crippen molar-refractivity contribution < 1.29 is 58.4 Å². The van der Waals surface area contributed by atoms with Crippen molar-refractivity contribution in [2.24, 2.45) is 22.7 Å². The maximum absolute atomic E-state index is 14.2. The number of methoxy groups -OCH3 is 1. The van der Waals surface area contributed by atoms with Crippen LogP contribution >= 0.6 is 0 Å². The predicted octanol–water partition coefficient (Wildman–Crippen LogP) is 2.41. The first kappa shape index (κ1) is 42.3. The molecular weight excluding hydrogens is 664 g/mol. The number of hydrogen-bond donors (Lipinski definition) is 4. The SMILES string of the molecule is CC[C@H]1OC(=O)[C@H](C)[C@@H](O[C@H]2C[C@@](C)(OC)[C@@H](O)[C@H](C)O2)[C@H](C)[C@@H](O[C@@H]2O[C@H](C)C[C@H](N(C)C)[C@H]2O)[C@](C)(O)C[C@@H](C)C2=N[C@H](C)[C@H](O2)[C@]1(C)O. The molecular formula is C37H66N2O12. The number of likely N-dealkylation sites (N-methyl/N-ethyl adjacent to an activating group) is 1. The Hall–Kier alpha value is -1.46. The van der Waals surface area contributed by atoms with Gasteiger partial charge < -0.3 is 58.5 Å². The van der Waals surface area contributed by atoms with E-state index in [1.165, 1.54) is 7.11 Å². The summed E-state index contributed by atoms with van der Waals surface area (Å²) in [7, 11) is 5.28. The van der Waals surface area contributed by atoms with Gasteiger partial charge in [0.05, 0.1) is 47.6 Å². The van der Waals surface area contributed by atoms with Gasteiger partial charge in [0, 0.05) is 31.4 Å². The first-order chi connectivity index (χ1) is 23.6. The molecule has 0 unspecified atom stereocenters. The molecule has 14 nitrogen and oxygen atoms in total. The molecule has 3 fully saturated rings. The minimum absolute atomic E-state index is 0.117. The first-order valence-electron chi connectivity index (χ1n) is 18.7. The van der Waals surface area contributed by atoms with E-state index in [0.29, 0.717) is 18.7 Å². The second kappa shape index (κ2) is 16.1. The Morgan fingerprint density at radius 3 is 2.20 bits per heavy atom. The van der Waals surface area contributed by atoms with E-state index in [2.05, 4.69) is 0 Å². The molecule has 4 aliphatic heterocycles. The van der Waals surface area contributed by atoms with Gasteiger partial charge in [-0.1, -0.05) is 20.8 Å². The van der Waals surface area contributed by atoms with Crippen molar-refractivity contribution in [2.45, 2.75) is 185 Å². The van der Waals surface area contributed by atoms with Gasteiger partial charge in [-0.3, -0.25) is 4.79 Å². The highest BCUT2D eigenvalue weighted by atomic mass is 16.7. The molecule has 4 rings (SSSR count). The van der Waals surface area contributed by atoms with E-state index in [0.717, 1.165) is 0 Å². The number of aliphatic hydroxyl groups is 4. The Kier molecular flexibility index (Phi) is 13.4. The van der Waals surface area contributed by atoms with E-state index in [-0.39, 0.29) is 25.0 Å². The van der Waals surface area contributed by atoms with Gasteiger partial charge in [-0.05, 0) is 81.8 Å². The van der Waals surface area contributed by atoms with Crippen LogP contribution in [-0.2, 0) is 38.0 Å². The summed E-state index contributed by atoms with van der Waals surface area (Å²) in [6, 6.07) is -0.725. The van der Waals surface area contributed by atoms with E-state index in [9.17, 15) is 25.2 Å². The highest BCUT2D eigenvalue weighted by molar-refractivity contribution is 5.80. The molecule has 0 spiro atoms. The molecule has 18 atom stereocenters. The summed E-state index contributed by atoms with van der Waals surface area (Å²) in [5.41, 5.74) is -4.22. The standard InChI is InChI=1S/C37H66N2O12/c1-14-25-37(10,44)31-22(6)38-32(50-31)18(2)16-35(8,43)30(51-34-27(40)24(39(11)12)15-19(3)46-34)20(4)28(21(5)33(42)48-25)49-26-17-36(9,45-13)29(41)23(7)47-26/h18-31,34,40-41,43-44H,14-17H2,1-13H3/t18-,19-,20+,21-,22-,23+,24+,25-,26+,27-,28+,29+,30-,31+,34+,35-,36-,37-/m1/s1. The molecule has 4 aliphatic rings. The largest absolute Gasteiger partial charge is 0.472 e. The van der Waals surface area contributed by atoms with Crippen LogP contribution in [0.5, 0.6) is 0 Å². The summed E-state index contributed by atoms with van der Waals surface area (Å²) in [4.78, 5) is 20.9. The highest BCUT2D eigenvalue weighted by Gasteiger charge is 2.54. The lowest BCUT2D eigenvalue weighted by molar-refractivity contribution is -0.318. The fourth-order valence-corrected chi connectivity index (χ4v) is 8.66. The van der Waals surface area contributed by atoms with E-state index in [1.54, 1.807) is 34.6 Å². The minimum Gasteiger partial charge on any atom is -0.472 e. The summed E-state index contributed by atoms with van der Waals surface area (Å²) < 4.78 is 43.9. The lowest BCUT2D eigenvalue weighted by Gasteiger charge is -2.49. The Bertz CT molecular complexity index is 1220. The summed E-state index contributed by atoms with van der Waals surface area (Å²) >= 11 is 0. The van der Waals surface area contributed by atoms with Gasteiger partial charge in [0.15, 0.2) is 24.6 Å². The van der Waals surface area contributed by atoms with Crippen LogP contribution in [0, 0.1) is 17.8 Å². The molecule has 296 valence electrons. The normalized spacial score (nSPS) is 50.3. The Morgan fingerprint density at radius 2 is 1.61 bits per heavy atom. The number of hydrogen-bond acceptors (Lipinski definition) is 14. The van der Waals surface area contributed by atoms with Gasteiger partial charge in [-0.15, -0.1) is 0 Å². The maximum atomic E-state index is 14.2. The lowest BCUT2D eigenvalue weighted by Crippen LogP contribution is -2.61. The third kappa shape index (κ3) is 8.76. The number of carbonyl (C=O) groups excluding carboxylic acids is 1. The van der Waals surface area contributed by atoms with Crippen LogP contribution < -0.4 is 0 Å². The summed E-state index contributed by atoms with van der Waals surface area (Å²) in [5, 5.41) is 46.8.